The SMILES string of the molecule is CCN1CCC(N(C)C(=O)/C=C\c2ccc(OC)cc2OC)CC1. The molecular weight excluding hydrogens is 304 g/mol. The summed E-state index contributed by atoms with van der Waals surface area (Å²) in [6, 6.07) is 5.88. The predicted molar refractivity (Wildman–Crippen MR) is 96.5 cm³/mol. The topological polar surface area (TPSA) is 42.0 Å². The van der Waals surface area contributed by atoms with Gasteiger partial charge >= 0.3 is 0 Å². The second kappa shape index (κ2) is 8.73. The summed E-state index contributed by atoms with van der Waals surface area (Å²) in [6.07, 6.45) is 5.50. The van der Waals surface area contributed by atoms with Crippen molar-refractivity contribution in [3.8, 4) is 11.5 Å². The molecule has 132 valence electrons. The number of benzene rings is 1. The summed E-state index contributed by atoms with van der Waals surface area (Å²) >= 11 is 0. The summed E-state index contributed by atoms with van der Waals surface area (Å²) in [5.74, 6) is 1.45. The predicted octanol–water partition coefficient (Wildman–Crippen LogP) is 2.66. The molecule has 1 aliphatic rings. The fourth-order valence-corrected chi connectivity index (χ4v) is 3.04. The van der Waals surface area contributed by atoms with Crippen molar-refractivity contribution < 1.29 is 14.3 Å². The van der Waals surface area contributed by atoms with Gasteiger partial charge in [0.2, 0.25) is 5.91 Å². The van der Waals surface area contributed by atoms with E-state index >= 15 is 0 Å². The van der Waals surface area contributed by atoms with Gasteiger partial charge < -0.3 is 19.3 Å². The second-order valence-electron chi connectivity index (χ2n) is 6.06. The third-order valence-electron chi connectivity index (χ3n) is 4.75. The highest BCUT2D eigenvalue weighted by atomic mass is 16.5. The minimum Gasteiger partial charge on any atom is -0.497 e. The Bertz CT molecular complexity index is 578. The molecule has 0 aliphatic carbocycles. The molecule has 24 heavy (non-hydrogen) atoms. The molecule has 0 saturated carbocycles. The molecule has 1 aliphatic heterocycles. The number of carbonyl (C=O) groups is 1. The second-order valence-corrected chi connectivity index (χ2v) is 6.06. The van der Waals surface area contributed by atoms with Crippen LogP contribution in [0.2, 0.25) is 0 Å². The van der Waals surface area contributed by atoms with Crippen LogP contribution in [0.15, 0.2) is 24.3 Å². The van der Waals surface area contributed by atoms with E-state index in [1.807, 2.05) is 30.1 Å². The van der Waals surface area contributed by atoms with Gasteiger partial charge in [0.1, 0.15) is 11.5 Å². The fourth-order valence-electron chi connectivity index (χ4n) is 3.04. The number of hydrogen-bond acceptors (Lipinski definition) is 4. The van der Waals surface area contributed by atoms with Crippen LogP contribution in [-0.2, 0) is 4.79 Å². The standard InChI is InChI=1S/C19H28N2O3/c1-5-21-12-10-16(11-13-21)20(2)19(22)9-7-15-6-8-17(23-3)14-18(15)24-4/h6-9,14,16H,5,10-13H2,1-4H3/b9-7-. The molecule has 5 nitrogen and oxygen atoms in total. The van der Waals surface area contributed by atoms with Gasteiger partial charge in [0.05, 0.1) is 14.2 Å². The molecular formula is C19H28N2O3. The van der Waals surface area contributed by atoms with Gasteiger partial charge in [0.15, 0.2) is 0 Å². The summed E-state index contributed by atoms with van der Waals surface area (Å²) in [4.78, 5) is 16.7. The number of rotatable bonds is 6. The third kappa shape index (κ3) is 4.51. The fraction of sp³-hybridized carbons (Fsp3) is 0.526. The Hall–Kier alpha value is -2.01. The lowest BCUT2D eigenvalue weighted by Crippen LogP contribution is -2.45. The van der Waals surface area contributed by atoms with Crippen LogP contribution >= 0.6 is 0 Å². The first kappa shape index (κ1) is 18.3. The molecule has 0 radical (unpaired) electrons. The van der Waals surface area contributed by atoms with E-state index in [1.165, 1.54) is 0 Å². The van der Waals surface area contributed by atoms with Crippen molar-refractivity contribution in [2.24, 2.45) is 0 Å². The molecule has 0 spiro atoms. The third-order valence-corrected chi connectivity index (χ3v) is 4.75. The van der Waals surface area contributed by atoms with Gasteiger partial charge in [-0.3, -0.25) is 4.79 Å². The molecule has 1 aromatic carbocycles. The Kier molecular flexibility index (Phi) is 6.67. The van der Waals surface area contributed by atoms with Crippen LogP contribution in [0.25, 0.3) is 6.08 Å². The summed E-state index contributed by atoms with van der Waals surface area (Å²) in [6.45, 7) is 5.39. The molecule has 0 aromatic heterocycles. The summed E-state index contributed by atoms with van der Waals surface area (Å²) < 4.78 is 10.5. The maximum atomic E-state index is 12.4. The van der Waals surface area contributed by atoms with Crippen molar-refractivity contribution in [2.45, 2.75) is 25.8 Å². The molecule has 1 saturated heterocycles. The highest BCUT2D eigenvalue weighted by Crippen LogP contribution is 2.25. The normalized spacial score (nSPS) is 16.3. The van der Waals surface area contributed by atoms with Gasteiger partial charge in [-0.1, -0.05) is 6.92 Å². The summed E-state index contributed by atoms with van der Waals surface area (Å²) in [7, 11) is 5.12. The molecule has 1 amide bonds. The van der Waals surface area contributed by atoms with Crippen LogP contribution < -0.4 is 9.47 Å². The first-order chi connectivity index (χ1) is 11.6. The van der Waals surface area contributed by atoms with E-state index in [2.05, 4.69) is 11.8 Å². The van der Waals surface area contributed by atoms with E-state index in [-0.39, 0.29) is 5.91 Å². The van der Waals surface area contributed by atoms with E-state index in [0.29, 0.717) is 11.8 Å². The van der Waals surface area contributed by atoms with Crippen molar-refractivity contribution in [1.82, 2.24) is 9.80 Å². The van der Waals surface area contributed by atoms with Crippen molar-refractivity contribution in [3.63, 3.8) is 0 Å². The number of methoxy groups -OCH3 is 2. The Morgan fingerprint density at radius 1 is 1.29 bits per heavy atom. The van der Waals surface area contributed by atoms with E-state index in [1.54, 1.807) is 26.4 Å². The first-order valence-electron chi connectivity index (χ1n) is 8.48. The quantitative estimate of drug-likeness (QED) is 0.751. The van der Waals surface area contributed by atoms with Crippen molar-refractivity contribution in [1.29, 1.82) is 0 Å². The molecule has 0 atom stereocenters. The Labute approximate surface area is 144 Å². The van der Waals surface area contributed by atoms with Gasteiger partial charge in [0, 0.05) is 43.9 Å². The number of piperidine rings is 1. The lowest BCUT2D eigenvalue weighted by atomic mass is 10.0. The highest BCUT2D eigenvalue weighted by Gasteiger charge is 2.23. The van der Waals surface area contributed by atoms with Crippen LogP contribution in [-0.4, -0.2) is 62.7 Å². The van der Waals surface area contributed by atoms with Crippen molar-refractivity contribution >= 4 is 12.0 Å². The zero-order chi connectivity index (χ0) is 17.5. The lowest BCUT2D eigenvalue weighted by Gasteiger charge is -2.35. The average Bonchev–Trinajstić information content (AvgIpc) is 2.65. The number of likely N-dealkylation sites (N-methyl/N-ethyl adjacent to an activating group) is 1. The first-order valence-corrected chi connectivity index (χ1v) is 8.48. The highest BCUT2D eigenvalue weighted by molar-refractivity contribution is 5.92. The molecule has 5 heteroatoms. The zero-order valence-electron chi connectivity index (χ0n) is 15.1. The van der Waals surface area contributed by atoms with Gasteiger partial charge in [0.25, 0.3) is 0 Å². The number of carbonyl (C=O) groups excluding carboxylic acids is 1. The smallest absolute Gasteiger partial charge is 0.246 e. The van der Waals surface area contributed by atoms with Crippen molar-refractivity contribution in [3.05, 3.63) is 29.8 Å². The van der Waals surface area contributed by atoms with Gasteiger partial charge in [-0.25, -0.2) is 0 Å². The Balaban J connectivity index is 1.99. The largest absolute Gasteiger partial charge is 0.497 e. The maximum Gasteiger partial charge on any atom is 0.246 e. The van der Waals surface area contributed by atoms with Gasteiger partial charge in [-0.2, -0.15) is 0 Å². The van der Waals surface area contributed by atoms with E-state index in [4.69, 9.17) is 9.47 Å². The molecule has 1 fully saturated rings. The number of amides is 1. The molecule has 2 rings (SSSR count). The molecule has 0 unspecified atom stereocenters. The van der Waals surface area contributed by atoms with Gasteiger partial charge in [-0.05, 0) is 37.6 Å². The Morgan fingerprint density at radius 2 is 2.00 bits per heavy atom. The zero-order valence-corrected chi connectivity index (χ0v) is 15.1. The van der Waals surface area contributed by atoms with Crippen LogP contribution in [0.4, 0.5) is 0 Å². The number of hydrogen-bond donors (Lipinski definition) is 0. The van der Waals surface area contributed by atoms with Gasteiger partial charge in [-0.15, -0.1) is 0 Å². The number of ether oxygens (including phenoxy) is 2. The van der Waals surface area contributed by atoms with Crippen molar-refractivity contribution in [2.75, 3.05) is 40.9 Å². The minimum atomic E-state index is 0.0304. The van der Waals surface area contributed by atoms with Crippen LogP contribution in [0.3, 0.4) is 0 Å². The number of nitrogens with zero attached hydrogens (tertiary/aromatic N) is 2. The monoisotopic (exact) mass is 332 g/mol. The molecule has 1 heterocycles. The van der Waals surface area contributed by atoms with Crippen LogP contribution in [0.5, 0.6) is 11.5 Å². The number of likely N-dealkylation sites (tertiary alicyclic amines) is 1. The molecule has 0 bridgehead atoms. The van der Waals surface area contributed by atoms with E-state index in [9.17, 15) is 4.79 Å². The summed E-state index contributed by atoms with van der Waals surface area (Å²) in [5, 5.41) is 0. The molecule has 0 N–H and O–H groups in total. The maximum absolute atomic E-state index is 12.4. The summed E-state index contributed by atoms with van der Waals surface area (Å²) in [5.41, 5.74) is 0.862. The average molecular weight is 332 g/mol. The van der Waals surface area contributed by atoms with Crippen LogP contribution in [0, 0.1) is 0 Å². The lowest BCUT2D eigenvalue weighted by molar-refractivity contribution is -0.127. The molecule has 1 aromatic rings. The Morgan fingerprint density at radius 3 is 2.58 bits per heavy atom. The van der Waals surface area contributed by atoms with Crippen LogP contribution in [0.1, 0.15) is 25.3 Å². The minimum absolute atomic E-state index is 0.0304. The van der Waals surface area contributed by atoms with E-state index in [0.717, 1.165) is 43.8 Å². The van der Waals surface area contributed by atoms with E-state index < -0.39 is 0 Å².